The minimum absolute atomic E-state index is 0.133. The lowest BCUT2D eigenvalue weighted by Gasteiger charge is -2.34. The number of nitrogens with zero attached hydrogens (tertiary/aromatic N) is 3. The molecule has 2 saturated heterocycles. The van der Waals surface area contributed by atoms with E-state index in [1.807, 2.05) is 24.3 Å². The van der Waals surface area contributed by atoms with Crippen LogP contribution in [0.3, 0.4) is 0 Å². The van der Waals surface area contributed by atoms with Gasteiger partial charge in [-0.25, -0.2) is 4.98 Å². The third kappa shape index (κ3) is 4.99. The molecule has 0 amide bonds. The first-order valence-electron chi connectivity index (χ1n) is 15.5. The number of para-hydroxylation sites is 1. The SMILES string of the molecule is COCC1N(c2cccc(-c3cccc(C)c3OCc3cc(C)c4c(c3)CCN(C3CCOC3)C4)n2)C[C@@H]2C[C@]12C(=O)O. The maximum Gasteiger partial charge on any atom is 0.312 e. The molecule has 3 aromatic rings. The Labute approximate surface area is 253 Å². The summed E-state index contributed by atoms with van der Waals surface area (Å²) in [5, 5.41) is 10.0. The molecule has 226 valence electrons. The Morgan fingerprint density at radius 3 is 2.81 bits per heavy atom. The van der Waals surface area contributed by atoms with Crippen molar-refractivity contribution in [1.82, 2.24) is 9.88 Å². The van der Waals surface area contributed by atoms with Gasteiger partial charge < -0.3 is 24.2 Å². The van der Waals surface area contributed by atoms with E-state index >= 15 is 0 Å². The Kier molecular flexibility index (Phi) is 7.40. The zero-order chi connectivity index (χ0) is 29.7. The van der Waals surface area contributed by atoms with Gasteiger partial charge in [-0.2, -0.15) is 0 Å². The summed E-state index contributed by atoms with van der Waals surface area (Å²) in [5.74, 6) is 1.01. The number of aromatic nitrogens is 1. The van der Waals surface area contributed by atoms with Crippen LogP contribution in [0, 0.1) is 25.2 Å². The fourth-order valence-electron chi connectivity index (χ4n) is 7.79. The fraction of sp³-hybridized carbons (Fsp3) is 0.486. The lowest BCUT2D eigenvalue weighted by atomic mass is 9.92. The number of fused-ring (bicyclic) bond motifs is 2. The standard InChI is InChI=1S/C35H41N3O5/c1-22-6-4-7-28(30-8-5-9-32(36-30)38-17-26-16-35(26,34(39)40)31(38)21-41-3)33(22)43-19-24-14-23(2)29-18-37(12-10-25(29)15-24)27-11-13-42-20-27/h4-9,14-15,26-27,31H,10-13,16-21H2,1-3H3,(H,39,40)/t26-,27?,31?,35+/m0/s1. The maximum atomic E-state index is 12.2. The summed E-state index contributed by atoms with van der Waals surface area (Å²) in [4.78, 5) is 22.0. The van der Waals surface area contributed by atoms with E-state index in [0.29, 0.717) is 32.2 Å². The first-order chi connectivity index (χ1) is 20.9. The summed E-state index contributed by atoms with van der Waals surface area (Å²) in [6.07, 6.45) is 2.89. The second-order valence-corrected chi connectivity index (χ2v) is 12.8. The highest BCUT2D eigenvalue weighted by Gasteiger charge is 2.71. The fourth-order valence-corrected chi connectivity index (χ4v) is 7.79. The summed E-state index contributed by atoms with van der Waals surface area (Å²) in [6.45, 7) is 9.62. The number of carboxylic acids is 1. The van der Waals surface area contributed by atoms with Crippen molar-refractivity contribution in [1.29, 1.82) is 0 Å². The molecule has 4 aliphatic rings. The number of aryl methyl sites for hydroxylation is 2. The van der Waals surface area contributed by atoms with Crippen molar-refractivity contribution in [2.24, 2.45) is 11.3 Å². The molecule has 8 heteroatoms. The van der Waals surface area contributed by atoms with Crippen molar-refractivity contribution in [3.05, 3.63) is 76.3 Å². The molecular weight excluding hydrogens is 542 g/mol. The van der Waals surface area contributed by atoms with Crippen molar-refractivity contribution in [2.75, 3.05) is 44.9 Å². The van der Waals surface area contributed by atoms with Gasteiger partial charge in [-0.15, -0.1) is 0 Å². The average Bonchev–Trinajstić information content (AvgIpc) is 3.32. The van der Waals surface area contributed by atoms with Crippen LogP contribution in [0.1, 0.15) is 40.7 Å². The Bertz CT molecular complexity index is 1540. The molecule has 7 rings (SSSR count). The van der Waals surface area contributed by atoms with Gasteiger partial charge in [0, 0.05) is 45.0 Å². The number of carbonyl (C=O) groups is 1. The normalized spacial score (nSPS) is 26.3. The molecule has 4 heterocycles. The highest BCUT2D eigenvalue weighted by Crippen LogP contribution is 2.62. The van der Waals surface area contributed by atoms with E-state index in [1.54, 1.807) is 7.11 Å². The molecule has 1 saturated carbocycles. The Morgan fingerprint density at radius 2 is 2.02 bits per heavy atom. The Hall–Kier alpha value is -3.46. The van der Waals surface area contributed by atoms with Gasteiger partial charge in [-0.05, 0) is 85.0 Å². The number of piperidine rings is 1. The number of pyridine rings is 1. The first-order valence-corrected chi connectivity index (χ1v) is 15.5. The molecule has 3 fully saturated rings. The van der Waals surface area contributed by atoms with Crippen molar-refractivity contribution >= 4 is 11.8 Å². The largest absolute Gasteiger partial charge is 0.488 e. The van der Waals surface area contributed by atoms with Gasteiger partial charge in [0.05, 0.1) is 30.4 Å². The second-order valence-electron chi connectivity index (χ2n) is 12.8. The summed E-state index contributed by atoms with van der Waals surface area (Å²) < 4.78 is 17.7. The van der Waals surface area contributed by atoms with E-state index in [1.165, 1.54) is 22.3 Å². The molecule has 0 bridgehead atoms. The van der Waals surface area contributed by atoms with Gasteiger partial charge in [0.2, 0.25) is 0 Å². The molecule has 3 aliphatic heterocycles. The number of anilines is 1. The first kappa shape index (κ1) is 28.3. The third-order valence-electron chi connectivity index (χ3n) is 10.2. The van der Waals surface area contributed by atoms with Crippen LogP contribution in [0.25, 0.3) is 11.3 Å². The molecule has 0 radical (unpaired) electrons. The molecule has 1 aromatic heterocycles. The van der Waals surface area contributed by atoms with Gasteiger partial charge in [-0.1, -0.05) is 30.3 Å². The van der Waals surface area contributed by atoms with E-state index in [2.05, 4.69) is 47.9 Å². The van der Waals surface area contributed by atoms with Crippen LogP contribution in [0.2, 0.25) is 0 Å². The summed E-state index contributed by atoms with van der Waals surface area (Å²) in [6, 6.07) is 17.1. The Morgan fingerprint density at radius 1 is 1.16 bits per heavy atom. The second kappa shape index (κ2) is 11.2. The molecule has 2 unspecified atom stereocenters. The third-order valence-corrected chi connectivity index (χ3v) is 10.2. The highest BCUT2D eigenvalue weighted by molar-refractivity contribution is 5.82. The van der Waals surface area contributed by atoms with Gasteiger partial charge in [0.15, 0.2) is 0 Å². The van der Waals surface area contributed by atoms with Crippen LogP contribution in [-0.4, -0.2) is 73.1 Å². The summed E-state index contributed by atoms with van der Waals surface area (Å²) in [5.41, 5.74) is 7.47. The maximum absolute atomic E-state index is 12.2. The molecule has 43 heavy (non-hydrogen) atoms. The minimum atomic E-state index is -0.735. The predicted molar refractivity (Wildman–Crippen MR) is 164 cm³/mol. The van der Waals surface area contributed by atoms with Gasteiger partial charge >= 0.3 is 5.97 Å². The number of methoxy groups -OCH3 is 1. The monoisotopic (exact) mass is 583 g/mol. The lowest BCUT2D eigenvalue weighted by Crippen LogP contribution is -2.43. The number of benzene rings is 2. The van der Waals surface area contributed by atoms with E-state index in [9.17, 15) is 9.90 Å². The molecule has 4 atom stereocenters. The van der Waals surface area contributed by atoms with Crippen LogP contribution in [0.4, 0.5) is 5.82 Å². The number of aliphatic carboxylic acids is 1. The highest BCUT2D eigenvalue weighted by atomic mass is 16.5. The van der Waals surface area contributed by atoms with Crippen molar-refractivity contribution in [3.8, 4) is 17.0 Å². The van der Waals surface area contributed by atoms with Gasteiger partial charge in [-0.3, -0.25) is 9.69 Å². The van der Waals surface area contributed by atoms with Crippen molar-refractivity contribution in [3.63, 3.8) is 0 Å². The van der Waals surface area contributed by atoms with Crippen LogP contribution in [0.15, 0.2) is 48.5 Å². The van der Waals surface area contributed by atoms with Crippen LogP contribution < -0.4 is 9.64 Å². The van der Waals surface area contributed by atoms with Gasteiger partial charge in [0.25, 0.3) is 0 Å². The number of carboxylic acid groups (broad SMARTS) is 1. The minimum Gasteiger partial charge on any atom is -0.488 e. The zero-order valence-electron chi connectivity index (χ0n) is 25.3. The summed E-state index contributed by atoms with van der Waals surface area (Å²) in [7, 11) is 1.63. The van der Waals surface area contributed by atoms with Crippen molar-refractivity contribution in [2.45, 2.75) is 58.3 Å². The topological polar surface area (TPSA) is 84.4 Å². The molecule has 1 aliphatic carbocycles. The quantitative estimate of drug-likeness (QED) is 0.376. The van der Waals surface area contributed by atoms with Crippen LogP contribution in [0.5, 0.6) is 5.75 Å². The molecular formula is C35H41N3O5. The van der Waals surface area contributed by atoms with Gasteiger partial charge in [0.1, 0.15) is 18.2 Å². The molecule has 1 N–H and O–H groups in total. The van der Waals surface area contributed by atoms with E-state index in [-0.39, 0.29) is 12.0 Å². The summed E-state index contributed by atoms with van der Waals surface area (Å²) >= 11 is 0. The van der Waals surface area contributed by atoms with E-state index < -0.39 is 11.4 Å². The number of rotatable bonds is 9. The van der Waals surface area contributed by atoms with E-state index in [4.69, 9.17) is 19.2 Å². The smallest absolute Gasteiger partial charge is 0.312 e. The molecule has 0 spiro atoms. The average molecular weight is 584 g/mol. The molecule has 2 aromatic carbocycles. The zero-order valence-corrected chi connectivity index (χ0v) is 25.3. The lowest BCUT2D eigenvalue weighted by molar-refractivity contribution is -0.144. The van der Waals surface area contributed by atoms with E-state index in [0.717, 1.165) is 67.5 Å². The van der Waals surface area contributed by atoms with Crippen LogP contribution >= 0.6 is 0 Å². The predicted octanol–water partition coefficient (Wildman–Crippen LogP) is 5.02. The number of hydrogen-bond donors (Lipinski definition) is 1. The number of ether oxygens (including phenoxy) is 3. The Balaban J connectivity index is 1.11. The van der Waals surface area contributed by atoms with Crippen LogP contribution in [-0.2, 0) is 33.8 Å². The number of hydrogen-bond acceptors (Lipinski definition) is 7. The molecule has 8 nitrogen and oxygen atoms in total. The van der Waals surface area contributed by atoms with Crippen molar-refractivity contribution < 1.29 is 24.1 Å².